The minimum absolute atomic E-state index is 0.000612. The maximum absolute atomic E-state index is 13.6. The Balaban J connectivity index is 2.55. The highest BCUT2D eigenvalue weighted by molar-refractivity contribution is 5.67. The molecule has 2 aromatic rings. The molecule has 2 rings (SSSR count). The van der Waals surface area contributed by atoms with Crippen molar-refractivity contribution >= 4 is 0 Å². The van der Waals surface area contributed by atoms with Gasteiger partial charge in [-0.1, -0.05) is 24.3 Å². The first-order valence-corrected chi connectivity index (χ1v) is 5.12. The molecule has 0 N–H and O–H groups in total. The van der Waals surface area contributed by atoms with Crippen molar-refractivity contribution in [3.05, 3.63) is 59.7 Å². The third-order valence-electron chi connectivity index (χ3n) is 2.53. The van der Waals surface area contributed by atoms with E-state index in [2.05, 4.69) is 0 Å². The second-order valence-electron chi connectivity index (χ2n) is 3.61. The average Bonchev–Trinajstić information content (AvgIpc) is 2.33. The van der Waals surface area contributed by atoms with Crippen LogP contribution in [-0.2, 0) is 6.42 Å². The first-order valence-electron chi connectivity index (χ1n) is 5.12. The van der Waals surface area contributed by atoms with E-state index >= 15 is 0 Å². The van der Waals surface area contributed by atoms with Crippen LogP contribution in [0.2, 0.25) is 0 Å². The summed E-state index contributed by atoms with van der Waals surface area (Å²) < 4.78 is 26.4. The summed E-state index contributed by atoms with van der Waals surface area (Å²) in [7, 11) is 0. The lowest BCUT2D eigenvalue weighted by atomic mass is 9.97. The van der Waals surface area contributed by atoms with Gasteiger partial charge in [0.1, 0.15) is 11.6 Å². The molecule has 3 heteroatoms. The van der Waals surface area contributed by atoms with Gasteiger partial charge in [-0.15, -0.1) is 0 Å². The largest absolute Gasteiger partial charge is 0.207 e. The molecule has 0 aromatic heterocycles. The lowest BCUT2D eigenvalue weighted by molar-refractivity contribution is 0.616. The SMILES string of the molecule is N#CCc1c(F)cccc1-c1ccc(F)cc1. The molecule has 0 saturated carbocycles. The van der Waals surface area contributed by atoms with Crippen LogP contribution in [0.25, 0.3) is 11.1 Å². The highest BCUT2D eigenvalue weighted by Crippen LogP contribution is 2.26. The molecule has 0 aliphatic heterocycles. The van der Waals surface area contributed by atoms with E-state index in [-0.39, 0.29) is 12.2 Å². The quantitative estimate of drug-likeness (QED) is 0.770. The molecule has 0 bridgehead atoms. The van der Waals surface area contributed by atoms with Gasteiger partial charge in [0.25, 0.3) is 0 Å². The van der Waals surface area contributed by atoms with Crippen LogP contribution < -0.4 is 0 Å². The smallest absolute Gasteiger partial charge is 0.128 e. The molecule has 84 valence electrons. The number of rotatable bonds is 2. The minimum Gasteiger partial charge on any atom is -0.207 e. The van der Waals surface area contributed by atoms with Crippen molar-refractivity contribution in [2.75, 3.05) is 0 Å². The predicted octanol–water partition coefficient (Wildman–Crippen LogP) is 3.70. The maximum Gasteiger partial charge on any atom is 0.128 e. The van der Waals surface area contributed by atoms with Gasteiger partial charge in [0.2, 0.25) is 0 Å². The van der Waals surface area contributed by atoms with E-state index in [1.165, 1.54) is 18.2 Å². The molecule has 0 unspecified atom stereocenters. The van der Waals surface area contributed by atoms with Gasteiger partial charge < -0.3 is 0 Å². The Morgan fingerprint density at radius 1 is 1.00 bits per heavy atom. The van der Waals surface area contributed by atoms with Gasteiger partial charge >= 0.3 is 0 Å². The molecular weight excluding hydrogens is 220 g/mol. The van der Waals surface area contributed by atoms with Gasteiger partial charge in [0.15, 0.2) is 0 Å². The van der Waals surface area contributed by atoms with E-state index in [0.29, 0.717) is 16.7 Å². The average molecular weight is 229 g/mol. The lowest BCUT2D eigenvalue weighted by Crippen LogP contribution is -1.93. The number of benzene rings is 2. The van der Waals surface area contributed by atoms with Crippen LogP contribution in [0, 0.1) is 23.0 Å². The molecule has 2 aromatic carbocycles. The van der Waals surface area contributed by atoms with Crippen molar-refractivity contribution in [2.24, 2.45) is 0 Å². The van der Waals surface area contributed by atoms with Crippen molar-refractivity contribution in [3.8, 4) is 17.2 Å². The Morgan fingerprint density at radius 3 is 2.35 bits per heavy atom. The highest BCUT2D eigenvalue weighted by atomic mass is 19.1. The summed E-state index contributed by atoms with van der Waals surface area (Å²) in [6.07, 6.45) is -0.000612. The van der Waals surface area contributed by atoms with Gasteiger partial charge in [0.05, 0.1) is 12.5 Å². The third-order valence-corrected chi connectivity index (χ3v) is 2.53. The molecule has 0 amide bonds. The van der Waals surface area contributed by atoms with Crippen LogP contribution in [0.4, 0.5) is 8.78 Å². The monoisotopic (exact) mass is 229 g/mol. The van der Waals surface area contributed by atoms with E-state index in [1.54, 1.807) is 24.3 Å². The number of nitrogens with zero attached hydrogens (tertiary/aromatic N) is 1. The van der Waals surface area contributed by atoms with Gasteiger partial charge in [0, 0.05) is 5.56 Å². The maximum atomic E-state index is 13.6. The Morgan fingerprint density at radius 2 is 1.71 bits per heavy atom. The standard InChI is InChI=1S/C14H9F2N/c15-11-6-4-10(5-7-11)12-2-1-3-14(16)13(12)8-9-17/h1-7H,8H2. The fraction of sp³-hybridized carbons (Fsp3) is 0.0714. The lowest BCUT2D eigenvalue weighted by Gasteiger charge is -2.08. The topological polar surface area (TPSA) is 23.8 Å². The number of hydrogen-bond donors (Lipinski definition) is 0. The zero-order chi connectivity index (χ0) is 12.3. The molecule has 17 heavy (non-hydrogen) atoms. The number of hydrogen-bond acceptors (Lipinski definition) is 1. The normalized spacial score (nSPS) is 9.94. The number of nitriles is 1. The Kier molecular flexibility index (Phi) is 3.15. The Labute approximate surface area is 97.9 Å². The van der Waals surface area contributed by atoms with E-state index in [4.69, 9.17) is 5.26 Å². The van der Waals surface area contributed by atoms with Crippen LogP contribution in [-0.4, -0.2) is 0 Å². The summed E-state index contributed by atoms with van der Waals surface area (Å²) in [6.45, 7) is 0. The van der Waals surface area contributed by atoms with Crippen LogP contribution in [0.5, 0.6) is 0 Å². The van der Waals surface area contributed by atoms with Gasteiger partial charge in [-0.2, -0.15) is 5.26 Å². The van der Waals surface area contributed by atoms with Crippen molar-refractivity contribution in [1.82, 2.24) is 0 Å². The Hall–Kier alpha value is -2.21. The fourth-order valence-corrected chi connectivity index (χ4v) is 1.72. The van der Waals surface area contributed by atoms with Crippen molar-refractivity contribution in [3.63, 3.8) is 0 Å². The molecule has 1 nitrogen and oxygen atoms in total. The van der Waals surface area contributed by atoms with Crippen LogP contribution in [0.3, 0.4) is 0 Å². The first-order chi connectivity index (χ1) is 8.22. The predicted molar refractivity (Wildman–Crippen MR) is 61.1 cm³/mol. The zero-order valence-electron chi connectivity index (χ0n) is 8.95. The van der Waals surface area contributed by atoms with Crippen molar-refractivity contribution < 1.29 is 8.78 Å². The molecule has 0 spiro atoms. The molecule has 0 heterocycles. The minimum atomic E-state index is -0.409. The zero-order valence-corrected chi connectivity index (χ0v) is 8.95. The second kappa shape index (κ2) is 4.75. The summed E-state index contributed by atoms with van der Waals surface area (Å²) in [6, 6.07) is 12.3. The van der Waals surface area contributed by atoms with E-state index in [1.807, 2.05) is 6.07 Å². The summed E-state index contributed by atoms with van der Waals surface area (Å²) in [5.74, 6) is -0.750. The Bertz CT molecular complexity index is 568. The van der Waals surface area contributed by atoms with E-state index in [0.717, 1.165) is 0 Å². The highest BCUT2D eigenvalue weighted by Gasteiger charge is 2.09. The van der Waals surface area contributed by atoms with Crippen LogP contribution in [0.1, 0.15) is 5.56 Å². The van der Waals surface area contributed by atoms with Crippen molar-refractivity contribution in [1.29, 1.82) is 5.26 Å². The third kappa shape index (κ3) is 2.31. The molecular formula is C14H9F2N. The van der Waals surface area contributed by atoms with E-state index in [9.17, 15) is 8.78 Å². The van der Waals surface area contributed by atoms with E-state index < -0.39 is 5.82 Å². The van der Waals surface area contributed by atoms with Crippen LogP contribution in [0.15, 0.2) is 42.5 Å². The van der Waals surface area contributed by atoms with Crippen molar-refractivity contribution in [2.45, 2.75) is 6.42 Å². The summed E-state index contributed by atoms with van der Waals surface area (Å²) in [4.78, 5) is 0. The second-order valence-corrected chi connectivity index (χ2v) is 3.61. The molecule has 0 aliphatic carbocycles. The number of halogens is 2. The fourth-order valence-electron chi connectivity index (χ4n) is 1.72. The molecule has 0 atom stereocenters. The first kappa shape index (κ1) is 11.3. The molecule has 0 aliphatic rings. The van der Waals surface area contributed by atoms with Gasteiger partial charge in [-0.3, -0.25) is 0 Å². The summed E-state index contributed by atoms with van der Waals surface area (Å²) in [5, 5.41) is 8.68. The van der Waals surface area contributed by atoms with Gasteiger partial charge in [-0.25, -0.2) is 8.78 Å². The van der Waals surface area contributed by atoms with Crippen LogP contribution >= 0.6 is 0 Å². The van der Waals surface area contributed by atoms with Gasteiger partial charge in [-0.05, 0) is 29.3 Å². The molecule has 0 radical (unpaired) electrons. The molecule has 0 saturated heterocycles. The molecule has 0 fully saturated rings. The summed E-state index contributed by atoms with van der Waals surface area (Å²) >= 11 is 0. The summed E-state index contributed by atoms with van der Waals surface area (Å²) in [5.41, 5.74) is 1.68.